The smallest absolute Gasteiger partial charge is 0.313 e. The first-order valence-electron chi connectivity index (χ1n) is 10.9. The Hall–Kier alpha value is -2.57. The van der Waals surface area contributed by atoms with Crippen LogP contribution in [0, 0.1) is 0 Å². The normalized spacial score (nSPS) is 16.8. The van der Waals surface area contributed by atoms with Crippen molar-refractivity contribution < 1.29 is 24.1 Å². The number of carbonyl (C=O) groups is 1. The van der Waals surface area contributed by atoms with Gasteiger partial charge in [-0.05, 0) is 63.1 Å². The number of carboxylic acids is 1. The molecule has 0 bridgehead atoms. The summed E-state index contributed by atoms with van der Waals surface area (Å²) in [4.78, 5) is 10.9. The fraction of sp³-hybridized carbons (Fsp3) is 0.346. The lowest BCUT2D eigenvalue weighted by Crippen LogP contribution is -2.15. The molecule has 1 aliphatic rings. The van der Waals surface area contributed by atoms with Gasteiger partial charge in [-0.3, -0.25) is 4.79 Å². The highest BCUT2D eigenvalue weighted by molar-refractivity contribution is 8.00. The maximum Gasteiger partial charge on any atom is 0.313 e. The number of rotatable bonds is 11. The van der Waals surface area contributed by atoms with E-state index in [-0.39, 0.29) is 17.1 Å². The summed E-state index contributed by atoms with van der Waals surface area (Å²) in [5.74, 6) is 2.06. The lowest BCUT2D eigenvalue weighted by Gasteiger charge is -2.18. The van der Waals surface area contributed by atoms with Crippen molar-refractivity contribution in [3.05, 3.63) is 77.0 Å². The first-order chi connectivity index (χ1) is 15.9. The van der Waals surface area contributed by atoms with Crippen LogP contribution in [0.1, 0.15) is 33.1 Å². The van der Waals surface area contributed by atoms with Crippen LogP contribution >= 0.6 is 23.4 Å². The van der Waals surface area contributed by atoms with E-state index in [2.05, 4.69) is 6.08 Å². The summed E-state index contributed by atoms with van der Waals surface area (Å²) in [5, 5.41) is 9.70. The van der Waals surface area contributed by atoms with Crippen LogP contribution in [0.3, 0.4) is 0 Å². The van der Waals surface area contributed by atoms with Gasteiger partial charge in [0.05, 0.1) is 18.5 Å². The Kier molecular flexibility index (Phi) is 9.58. The molecule has 1 aliphatic carbocycles. The number of allylic oxidation sites excluding steroid dienone is 2. The maximum absolute atomic E-state index is 10.9. The van der Waals surface area contributed by atoms with Gasteiger partial charge in [0.2, 0.25) is 0 Å². The van der Waals surface area contributed by atoms with Gasteiger partial charge in [-0.1, -0.05) is 35.4 Å². The number of aliphatic carboxylic acids is 1. The van der Waals surface area contributed by atoms with E-state index >= 15 is 0 Å². The van der Waals surface area contributed by atoms with Crippen molar-refractivity contribution in [2.45, 2.75) is 44.5 Å². The Morgan fingerprint density at radius 1 is 1.21 bits per heavy atom. The van der Waals surface area contributed by atoms with Gasteiger partial charge in [-0.2, -0.15) is 0 Å². The van der Waals surface area contributed by atoms with Crippen LogP contribution in [-0.2, 0) is 9.53 Å². The average molecular weight is 489 g/mol. The number of hydrogen-bond acceptors (Lipinski definition) is 5. The quantitative estimate of drug-likeness (QED) is 0.363. The molecule has 2 aromatic carbocycles. The van der Waals surface area contributed by atoms with Gasteiger partial charge in [0.1, 0.15) is 11.5 Å². The van der Waals surface area contributed by atoms with E-state index < -0.39 is 5.97 Å². The first kappa shape index (κ1) is 25.1. The summed E-state index contributed by atoms with van der Waals surface area (Å²) >= 11 is 7.63. The van der Waals surface area contributed by atoms with Crippen molar-refractivity contribution in [3.63, 3.8) is 0 Å². The predicted octanol–water partition coefficient (Wildman–Crippen LogP) is 7.12. The minimum absolute atomic E-state index is 0.0976. The number of thioether (sulfide) groups is 1. The van der Waals surface area contributed by atoms with Crippen molar-refractivity contribution in [3.8, 4) is 17.2 Å². The molecule has 176 valence electrons. The summed E-state index contributed by atoms with van der Waals surface area (Å²) < 4.78 is 18.1. The van der Waals surface area contributed by atoms with Gasteiger partial charge in [0.15, 0.2) is 11.5 Å². The molecule has 0 saturated carbocycles. The molecule has 7 heteroatoms. The van der Waals surface area contributed by atoms with Crippen LogP contribution in [0.25, 0.3) is 0 Å². The molecule has 0 aromatic heterocycles. The molecule has 2 atom stereocenters. The SMILES string of the molecule is CC1=CC(OCC[C@@H](C)Oc2ccc(Cl)cc2Oc2ccccc2)=CCCC1SCC(=O)O. The highest BCUT2D eigenvalue weighted by atomic mass is 35.5. The minimum atomic E-state index is -0.784. The maximum atomic E-state index is 10.9. The lowest BCUT2D eigenvalue weighted by atomic mass is 10.1. The van der Waals surface area contributed by atoms with E-state index in [1.165, 1.54) is 11.8 Å². The Balaban J connectivity index is 1.52. The minimum Gasteiger partial charge on any atom is -0.494 e. The topological polar surface area (TPSA) is 65.0 Å². The summed E-state index contributed by atoms with van der Waals surface area (Å²) in [6.07, 6.45) is 6.45. The highest BCUT2D eigenvalue weighted by Crippen LogP contribution is 2.35. The zero-order valence-electron chi connectivity index (χ0n) is 18.8. The van der Waals surface area contributed by atoms with Crippen molar-refractivity contribution >= 4 is 29.3 Å². The molecule has 0 saturated heterocycles. The van der Waals surface area contributed by atoms with E-state index in [1.54, 1.807) is 12.1 Å². The lowest BCUT2D eigenvalue weighted by molar-refractivity contribution is -0.133. The molecular weight excluding hydrogens is 460 g/mol. The van der Waals surface area contributed by atoms with Crippen LogP contribution in [0.4, 0.5) is 0 Å². The molecule has 2 aromatic rings. The third-order valence-electron chi connectivity index (χ3n) is 5.06. The molecule has 33 heavy (non-hydrogen) atoms. The molecule has 3 rings (SSSR count). The second-order valence-electron chi connectivity index (χ2n) is 7.84. The van der Waals surface area contributed by atoms with Crippen molar-refractivity contribution in [2.75, 3.05) is 12.4 Å². The van der Waals surface area contributed by atoms with Crippen molar-refractivity contribution in [1.29, 1.82) is 0 Å². The number of carboxylic acid groups (broad SMARTS) is 1. The number of para-hydroxylation sites is 1. The number of hydrogen-bond donors (Lipinski definition) is 1. The van der Waals surface area contributed by atoms with Crippen LogP contribution in [0.15, 0.2) is 72.0 Å². The fourth-order valence-corrected chi connectivity index (χ4v) is 4.50. The predicted molar refractivity (Wildman–Crippen MR) is 134 cm³/mol. The molecule has 0 radical (unpaired) electrons. The van der Waals surface area contributed by atoms with Crippen LogP contribution in [-0.4, -0.2) is 34.8 Å². The van der Waals surface area contributed by atoms with E-state index in [0.29, 0.717) is 35.3 Å². The van der Waals surface area contributed by atoms with E-state index in [1.807, 2.05) is 56.3 Å². The molecule has 0 spiro atoms. The molecule has 0 aliphatic heterocycles. The summed E-state index contributed by atoms with van der Waals surface area (Å²) in [6.45, 7) is 4.53. The van der Waals surface area contributed by atoms with Crippen LogP contribution < -0.4 is 9.47 Å². The van der Waals surface area contributed by atoms with Gasteiger partial charge >= 0.3 is 5.97 Å². The van der Waals surface area contributed by atoms with Gasteiger partial charge in [-0.25, -0.2) is 0 Å². The standard InChI is InChI=1S/C26H29ClO5S/c1-18-15-22(9-6-10-25(18)33-17-26(28)29)30-14-13-19(2)31-23-12-11-20(27)16-24(23)32-21-7-4-3-5-8-21/h3-5,7-9,11-12,15-16,19,25H,6,10,13-14,17H2,1-2H3,(H,28,29)/t19-,25?/m1/s1. The molecule has 0 fully saturated rings. The zero-order valence-corrected chi connectivity index (χ0v) is 20.4. The summed E-state index contributed by atoms with van der Waals surface area (Å²) in [7, 11) is 0. The van der Waals surface area contributed by atoms with Gasteiger partial charge in [0.25, 0.3) is 0 Å². The second kappa shape index (κ2) is 12.6. The Labute approximate surface area is 204 Å². The zero-order chi connectivity index (χ0) is 23.6. The molecule has 1 unspecified atom stereocenters. The molecular formula is C26H29ClO5S. The number of benzene rings is 2. The largest absolute Gasteiger partial charge is 0.494 e. The summed E-state index contributed by atoms with van der Waals surface area (Å²) in [6, 6.07) is 14.8. The van der Waals surface area contributed by atoms with Crippen LogP contribution in [0.2, 0.25) is 5.02 Å². The van der Waals surface area contributed by atoms with Crippen LogP contribution in [0.5, 0.6) is 17.2 Å². The number of halogens is 1. The molecule has 0 amide bonds. The first-order valence-corrected chi connectivity index (χ1v) is 12.4. The highest BCUT2D eigenvalue weighted by Gasteiger charge is 2.17. The third-order valence-corrected chi connectivity index (χ3v) is 6.72. The fourth-order valence-electron chi connectivity index (χ4n) is 3.36. The average Bonchev–Trinajstić information content (AvgIpc) is 2.95. The van der Waals surface area contributed by atoms with E-state index in [4.69, 9.17) is 30.9 Å². The van der Waals surface area contributed by atoms with Crippen molar-refractivity contribution in [2.24, 2.45) is 0 Å². The summed E-state index contributed by atoms with van der Waals surface area (Å²) in [5.41, 5.74) is 1.14. The van der Waals surface area contributed by atoms with Crippen molar-refractivity contribution in [1.82, 2.24) is 0 Å². The number of ether oxygens (including phenoxy) is 3. The van der Waals surface area contributed by atoms with E-state index in [0.717, 1.165) is 24.2 Å². The molecule has 0 heterocycles. The second-order valence-corrected chi connectivity index (χ2v) is 9.46. The van der Waals surface area contributed by atoms with Gasteiger partial charge in [0, 0.05) is 22.8 Å². The van der Waals surface area contributed by atoms with Gasteiger partial charge < -0.3 is 19.3 Å². The Bertz CT molecular complexity index is 989. The van der Waals surface area contributed by atoms with Gasteiger partial charge in [-0.15, -0.1) is 11.8 Å². The molecule has 5 nitrogen and oxygen atoms in total. The third kappa shape index (κ3) is 8.37. The molecule has 1 N–H and O–H groups in total. The Morgan fingerprint density at radius 3 is 2.76 bits per heavy atom. The Morgan fingerprint density at radius 2 is 2.00 bits per heavy atom. The van der Waals surface area contributed by atoms with E-state index in [9.17, 15) is 4.79 Å². The monoisotopic (exact) mass is 488 g/mol.